The highest BCUT2D eigenvalue weighted by atomic mass is 32.2. The average molecular weight is 326 g/mol. The molecule has 5 nitrogen and oxygen atoms in total. The molecule has 0 unspecified atom stereocenters. The highest BCUT2D eigenvalue weighted by Crippen LogP contribution is 2.24. The molecule has 1 atom stereocenters. The van der Waals surface area contributed by atoms with E-state index in [1.165, 1.54) is 4.31 Å². The Morgan fingerprint density at radius 2 is 1.73 bits per heavy atom. The third-order valence-corrected chi connectivity index (χ3v) is 4.57. The molecule has 6 heteroatoms. The summed E-state index contributed by atoms with van der Waals surface area (Å²) in [7, 11) is -3.57. The van der Waals surface area contributed by atoms with Gasteiger partial charge in [0, 0.05) is 5.54 Å². The number of carbonyl (C=O) groups is 1. The number of nitrogens with zero attached hydrogens (tertiary/aromatic N) is 1. The first-order chi connectivity index (χ1) is 9.83. The minimum atomic E-state index is -3.57. The second-order valence-corrected chi connectivity index (χ2v) is 8.60. The van der Waals surface area contributed by atoms with Crippen molar-refractivity contribution in [1.82, 2.24) is 5.32 Å². The highest BCUT2D eigenvalue weighted by molar-refractivity contribution is 7.92. The summed E-state index contributed by atoms with van der Waals surface area (Å²) in [6, 6.07) is 4.55. The van der Waals surface area contributed by atoms with Crippen LogP contribution < -0.4 is 9.62 Å². The van der Waals surface area contributed by atoms with Gasteiger partial charge in [0.2, 0.25) is 15.9 Å². The van der Waals surface area contributed by atoms with Gasteiger partial charge in [0.15, 0.2) is 0 Å². The molecule has 1 rings (SSSR count). The fourth-order valence-electron chi connectivity index (χ4n) is 2.15. The molecule has 1 aromatic rings. The monoisotopic (exact) mass is 326 g/mol. The minimum Gasteiger partial charge on any atom is -0.350 e. The van der Waals surface area contributed by atoms with Crippen LogP contribution in [0, 0.1) is 13.8 Å². The van der Waals surface area contributed by atoms with E-state index in [-0.39, 0.29) is 5.91 Å². The molecule has 0 saturated heterocycles. The third kappa shape index (κ3) is 4.73. The lowest BCUT2D eigenvalue weighted by Crippen LogP contribution is -2.52. The maximum Gasteiger partial charge on any atom is 0.244 e. The van der Waals surface area contributed by atoms with Gasteiger partial charge in [-0.15, -0.1) is 0 Å². The Morgan fingerprint density at radius 3 is 2.14 bits per heavy atom. The zero-order valence-corrected chi connectivity index (χ0v) is 15.2. The predicted molar refractivity (Wildman–Crippen MR) is 90.6 cm³/mol. The van der Waals surface area contributed by atoms with Gasteiger partial charge in [0.05, 0.1) is 11.9 Å². The van der Waals surface area contributed by atoms with E-state index in [2.05, 4.69) is 5.32 Å². The molecule has 1 N–H and O–H groups in total. The summed E-state index contributed by atoms with van der Waals surface area (Å²) in [5, 5.41) is 2.82. The van der Waals surface area contributed by atoms with Gasteiger partial charge in [-0.1, -0.05) is 6.07 Å². The largest absolute Gasteiger partial charge is 0.350 e. The van der Waals surface area contributed by atoms with E-state index in [1.54, 1.807) is 19.1 Å². The first-order valence-corrected chi connectivity index (χ1v) is 9.06. The van der Waals surface area contributed by atoms with Crippen molar-refractivity contribution in [2.75, 3.05) is 10.6 Å². The van der Waals surface area contributed by atoms with Crippen LogP contribution in [0.15, 0.2) is 18.2 Å². The molecule has 1 aromatic carbocycles. The summed E-state index contributed by atoms with van der Waals surface area (Å²) < 4.78 is 25.5. The van der Waals surface area contributed by atoms with E-state index < -0.39 is 21.6 Å². The molecule has 0 saturated carbocycles. The molecule has 0 aliphatic heterocycles. The van der Waals surface area contributed by atoms with E-state index in [0.29, 0.717) is 5.69 Å². The SMILES string of the molecule is Cc1ccc(N([C@@H](C)C(=O)NC(C)(C)C)S(C)(=O)=O)cc1C. The molecule has 0 aromatic heterocycles. The van der Waals surface area contributed by atoms with Crippen LogP contribution in [0.2, 0.25) is 0 Å². The maximum absolute atomic E-state index is 12.4. The average Bonchev–Trinajstić information content (AvgIpc) is 2.30. The molecule has 0 heterocycles. The fourth-order valence-corrected chi connectivity index (χ4v) is 3.31. The van der Waals surface area contributed by atoms with Gasteiger partial charge in [-0.25, -0.2) is 8.42 Å². The Labute approximate surface area is 133 Å². The smallest absolute Gasteiger partial charge is 0.244 e. The maximum atomic E-state index is 12.4. The summed E-state index contributed by atoms with van der Waals surface area (Å²) in [6.07, 6.45) is 1.11. The quantitative estimate of drug-likeness (QED) is 0.924. The topological polar surface area (TPSA) is 66.5 Å². The van der Waals surface area contributed by atoms with Crippen LogP contribution in [-0.4, -0.2) is 32.2 Å². The lowest BCUT2D eigenvalue weighted by atomic mass is 10.1. The van der Waals surface area contributed by atoms with Crippen molar-refractivity contribution >= 4 is 21.6 Å². The molecule has 1 amide bonds. The van der Waals surface area contributed by atoms with Crippen molar-refractivity contribution in [2.24, 2.45) is 0 Å². The van der Waals surface area contributed by atoms with Crippen molar-refractivity contribution in [3.05, 3.63) is 29.3 Å². The number of sulfonamides is 1. The van der Waals surface area contributed by atoms with Crippen LogP contribution in [0.4, 0.5) is 5.69 Å². The van der Waals surface area contributed by atoms with Gasteiger partial charge in [-0.05, 0) is 64.8 Å². The predicted octanol–water partition coefficient (Wildman–Crippen LogP) is 2.37. The number of rotatable bonds is 4. The van der Waals surface area contributed by atoms with Crippen LogP contribution in [-0.2, 0) is 14.8 Å². The molecule has 0 aliphatic rings. The fraction of sp³-hybridized carbons (Fsp3) is 0.562. The van der Waals surface area contributed by atoms with E-state index in [1.807, 2.05) is 40.7 Å². The van der Waals surface area contributed by atoms with Crippen molar-refractivity contribution in [1.29, 1.82) is 0 Å². The van der Waals surface area contributed by atoms with Crippen LogP contribution >= 0.6 is 0 Å². The number of anilines is 1. The molecule has 0 fully saturated rings. The second kappa shape index (κ2) is 6.28. The summed E-state index contributed by atoms with van der Waals surface area (Å²) in [5.41, 5.74) is 2.14. The number of amides is 1. The first-order valence-electron chi connectivity index (χ1n) is 7.21. The van der Waals surface area contributed by atoms with Gasteiger partial charge in [-0.2, -0.15) is 0 Å². The van der Waals surface area contributed by atoms with Gasteiger partial charge in [-0.3, -0.25) is 9.10 Å². The van der Waals surface area contributed by atoms with E-state index in [9.17, 15) is 13.2 Å². The summed E-state index contributed by atoms with van der Waals surface area (Å²) in [6.45, 7) is 11.0. The molecule has 0 spiro atoms. The van der Waals surface area contributed by atoms with Crippen molar-refractivity contribution in [2.45, 2.75) is 53.1 Å². The number of benzene rings is 1. The van der Waals surface area contributed by atoms with Gasteiger partial charge in [0.25, 0.3) is 0 Å². The number of aryl methyl sites for hydroxylation is 2. The minimum absolute atomic E-state index is 0.323. The Bertz CT molecular complexity index is 660. The zero-order chi connectivity index (χ0) is 17.3. The van der Waals surface area contributed by atoms with E-state index in [4.69, 9.17) is 0 Å². The Kier molecular flexibility index (Phi) is 5.28. The van der Waals surface area contributed by atoms with Crippen LogP contribution in [0.25, 0.3) is 0 Å². The van der Waals surface area contributed by atoms with Crippen molar-refractivity contribution in [3.8, 4) is 0 Å². The number of hydrogen-bond acceptors (Lipinski definition) is 3. The van der Waals surface area contributed by atoms with E-state index in [0.717, 1.165) is 17.4 Å². The molecule has 22 heavy (non-hydrogen) atoms. The summed E-state index contributed by atoms with van der Waals surface area (Å²) in [5.74, 6) is -0.323. The molecule has 0 aliphatic carbocycles. The molecule has 0 radical (unpaired) electrons. The Morgan fingerprint density at radius 1 is 1.18 bits per heavy atom. The summed E-state index contributed by atoms with van der Waals surface area (Å²) in [4.78, 5) is 12.4. The highest BCUT2D eigenvalue weighted by Gasteiger charge is 2.30. The van der Waals surface area contributed by atoms with Crippen LogP contribution in [0.5, 0.6) is 0 Å². The van der Waals surface area contributed by atoms with Crippen LogP contribution in [0.1, 0.15) is 38.8 Å². The number of carbonyl (C=O) groups excluding carboxylic acids is 1. The lowest BCUT2D eigenvalue weighted by molar-refractivity contribution is -0.123. The zero-order valence-electron chi connectivity index (χ0n) is 14.4. The Hall–Kier alpha value is -1.56. The molecular formula is C16H26N2O3S. The molecule has 0 bridgehead atoms. The standard InChI is InChI=1S/C16H26N2O3S/c1-11-8-9-14(10-12(11)2)18(22(7,20)21)13(3)15(19)17-16(4,5)6/h8-10,13H,1-7H3,(H,17,19)/t13-/m0/s1. The van der Waals surface area contributed by atoms with Gasteiger partial charge in [0.1, 0.15) is 6.04 Å². The molecular weight excluding hydrogens is 300 g/mol. The van der Waals surface area contributed by atoms with Gasteiger partial charge >= 0.3 is 0 Å². The third-order valence-electron chi connectivity index (χ3n) is 3.33. The first kappa shape index (κ1) is 18.5. The number of nitrogens with one attached hydrogen (secondary N) is 1. The normalized spacial score (nSPS) is 13.6. The second-order valence-electron chi connectivity index (χ2n) is 6.74. The van der Waals surface area contributed by atoms with Crippen molar-refractivity contribution < 1.29 is 13.2 Å². The lowest BCUT2D eigenvalue weighted by Gasteiger charge is -2.31. The van der Waals surface area contributed by atoms with E-state index >= 15 is 0 Å². The van der Waals surface area contributed by atoms with Crippen molar-refractivity contribution in [3.63, 3.8) is 0 Å². The van der Waals surface area contributed by atoms with Crippen LogP contribution in [0.3, 0.4) is 0 Å². The number of hydrogen-bond donors (Lipinski definition) is 1. The summed E-state index contributed by atoms with van der Waals surface area (Å²) >= 11 is 0. The Balaban J connectivity index is 3.25. The molecule has 124 valence electrons. The van der Waals surface area contributed by atoms with Gasteiger partial charge < -0.3 is 5.32 Å².